The molecule has 108 valence electrons. The second-order valence-electron chi connectivity index (χ2n) is 5.38. The molecule has 1 aromatic rings. The second kappa shape index (κ2) is 6.51. The Kier molecular flexibility index (Phi) is 5.21. The van der Waals surface area contributed by atoms with E-state index in [1.807, 2.05) is 4.68 Å². The van der Waals surface area contributed by atoms with Crippen LogP contribution in [0.4, 0.5) is 0 Å². The highest BCUT2D eigenvalue weighted by atomic mass is 35.5. The van der Waals surface area contributed by atoms with Crippen LogP contribution in [0.25, 0.3) is 0 Å². The predicted octanol–water partition coefficient (Wildman–Crippen LogP) is 3.49. The Morgan fingerprint density at radius 3 is 2.84 bits per heavy atom. The van der Waals surface area contributed by atoms with Crippen LogP contribution >= 0.6 is 23.4 Å². The molecule has 0 amide bonds. The molecule has 3 nitrogen and oxygen atoms in total. The van der Waals surface area contributed by atoms with Crippen molar-refractivity contribution in [1.29, 1.82) is 0 Å². The van der Waals surface area contributed by atoms with Crippen molar-refractivity contribution in [1.82, 2.24) is 15.1 Å². The fourth-order valence-electron chi connectivity index (χ4n) is 2.61. The summed E-state index contributed by atoms with van der Waals surface area (Å²) in [6, 6.07) is 0. The fraction of sp³-hybridized carbons (Fsp3) is 0.786. The molecule has 2 rings (SSSR count). The van der Waals surface area contributed by atoms with Crippen LogP contribution in [0.15, 0.2) is 0 Å². The smallest absolute Gasteiger partial charge is 0.0863 e. The van der Waals surface area contributed by atoms with Crippen molar-refractivity contribution >= 4 is 23.4 Å². The monoisotopic (exact) mass is 301 g/mol. The van der Waals surface area contributed by atoms with Crippen LogP contribution in [0.3, 0.4) is 0 Å². The summed E-state index contributed by atoms with van der Waals surface area (Å²) in [5.41, 5.74) is 2.15. The Morgan fingerprint density at radius 1 is 1.47 bits per heavy atom. The second-order valence-corrected chi connectivity index (χ2v) is 7.44. The van der Waals surface area contributed by atoms with E-state index in [0.29, 0.717) is 4.75 Å². The molecular formula is C14H24ClN3S. The number of thioether (sulfide) groups is 1. The summed E-state index contributed by atoms with van der Waals surface area (Å²) in [5, 5.41) is 8.97. The minimum absolute atomic E-state index is 0.400. The first-order valence-electron chi connectivity index (χ1n) is 7.18. The van der Waals surface area contributed by atoms with Gasteiger partial charge in [-0.05, 0) is 38.9 Å². The van der Waals surface area contributed by atoms with Gasteiger partial charge in [-0.2, -0.15) is 16.9 Å². The molecule has 1 fully saturated rings. The van der Waals surface area contributed by atoms with Crippen molar-refractivity contribution < 1.29 is 0 Å². The summed E-state index contributed by atoms with van der Waals surface area (Å²) in [6.45, 7) is 9.30. The number of nitrogens with zero attached hydrogens (tertiary/aromatic N) is 2. The maximum Gasteiger partial charge on any atom is 0.0863 e. The third-order valence-corrected chi connectivity index (χ3v) is 5.76. The highest BCUT2D eigenvalue weighted by Gasteiger charge is 2.29. The molecular weight excluding hydrogens is 278 g/mol. The van der Waals surface area contributed by atoms with Gasteiger partial charge in [0.2, 0.25) is 0 Å². The molecule has 0 spiro atoms. The van der Waals surface area contributed by atoms with E-state index in [0.717, 1.165) is 42.5 Å². The van der Waals surface area contributed by atoms with E-state index >= 15 is 0 Å². The van der Waals surface area contributed by atoms with Gasteiger partial charge in [0.25, 0.3) is 0 Å². The number of rotatable bonds is 6. The van der Waals surface area contributed by atoms with Gasteiger partial charge in [-0.25, -0.2) is 0 Å². The fourth-order valence-corrected chi connectivity index (χ4v) is 4.22. The average Bonchev–Trinajstić information content (AvgIpc) is 2.95. The Hall–Kier alpha value is -0.190. The lowest BCUT2D eigenvalue weighted by atomic mass is 10.1. The van der Waals surface area contributed by atoms with Crippen LogP contribution in [0.2, 0.25) is 5.02 Å². The lowest BCUT2D eigenvalue weighted by Gasteiger charge is -2.23. The minimum atomic E-state index is 0.400. The number of hydrogen-bond acceptors (Lipinski definition) is 3. The van der Waals surface area contributed by atoms with Gasteiger partial charge in [0.15, 0.2) is 0 Å². The van der Waals surface area contributed by atoms with E-state index in [9.17, 15) is 0 Å². The Balaban J connectivity index is 1.97. The quantitative estimate of drug-likeness (QED) is 0.872. The summed E-state index contributed by atoms with van der Waals surface area (Å²) in [4.78, 5) is 0. The Bertz CT molecular complexity index is 425. The molecule has 0 saturated carbocycles. The number of aromatic nitrogens is 2. The van der Waals surface area contributed by atoms with Crippen LogP contribution in [0.5, 0.6) is 0 Å². The van der Waals surface area contributed by atoms with Gasteiger partial charge in [0, 0.05) is 24.4 Å². The van der Waals surface area contributed by atoms with E-state index in [-0.39, 0.29) is 0 Å². The van der Waals surface area contributed by atoms with Crippen LogP contribution in [0.1, 0.15) is 45.0 Å². The van der Waals surface area contributed by atoms with Crippen molar-refractivity contribution in [2.75, 3.05) is 12.3 Å². The topological polar surface area (TPSA) is 29.9 Å². The normalized spacial score (nSPS) is 23.2. The van der Waals surface area contributed by atoms with Gasteiger partial charge >= 0.3 is 0 Å². The minimum Gasteiger partial charge on any atom is -0.310 e. The molecule has 1 N–H and O–H groups in total. The van der Waals surface area contributed by atoms with Crippen LogP contribution in [-0.4, -0.2) is 26.8 Å². The summed E-state index contributed by atoms with van der Waals surface area (Å²) in [5.74, 6) is 1.30. The van der Waals surface area contributed by atoms with Crippen molar-refractivity contribution in [3.05, 3.63) is 16.4 Å². The zero-order valence-electron chi connectivity index (χ0n) is 12.1. The lowest BCUT2D eigenvalue weighted by molar-refractivity contribution is 0.516. The van der Waals surface area contributed by atoms with E-state index < -0.39 is 0 Å². The van der Waals surface area contributed by atoms with Crippen LogP contribution < -0.4 is 5.32 Å². The highest BCUT2D eigenvalue weighted by molar-refractivity contribution is 8.00. The number of halogens is 1. The molecule has 2 heterocycles. The SMILES string of the molecule is CCc1nn(CC)c(CNCC2(C)CCCS2)c1Cl. The van der Waals surface area contributed by atoms with Crippen molar-refractivity contribution in [2.24, 2.45) is 0 Å². The highest BCUT2D eigenvalue weighted by Crippen LogP contribution is 2.37. The number of hydrogen-bond donors (Lipinski definition) is 1. The molecule has 0 aliphatic carbocycles. The van der Waals surface area contributed by atoms with E-state index in [4.69, 9.17) is 11.6 Å². The first kappa shape index (κ1) is 15.2. The van der Waals surface area contributed by atoms with Gasteiger partial charge in [-0.15, -0.1) is 0 Å². The van der Waals surface area contributed by atoms with Gasteiger partial charge in [0.05, 0.1) is 16.4 Å². The average molecular weight is 302 g/mol. The van der Waals surface area contributed by atoms with E-state index in [2.05, 4.69) is 42.9 Å². The van der Waals surface area contributed by atoms with Gasteiger partial charge in [0.1, 0.15) is 0 Å². The largest absolute Gasteiger partial charge is 0.310 e. The summed E-state index contributed by atoms with van der Waals surface area (Å²) >= 11 is 8.50. The first-order chi connectivity index (χ1) is 9.09. The molecule has 1 saturated heterocycles. The number of aryl methyl sites for hydroxylation is 2. The van der Waals surface area contributed by atoms with Gasteiger partial charge in [-0.3, -0.25) is 4.68 Å². The zero-order chi connectivity index (χ0) is 13.9. The zero-order valence-corrected chi connectivity index (χ0v) is 13.7. The molecule has 1 aliphatic rings. The molecule has 5 heteroatoms. The lowest BCUT2D eigenvalue weighted by Crippen LogP contribution is -2.33. The van der Waals surface area contributed by atoms with Crippen molar-refractivity contribution in [2.45, 2.75) is 57.9 Å². The third kappa shape index (κ3) is 3.47. The molecule has 1 atom stereocenters. The molecule has 0 bridgehead atoms. The van der Waals surface area contributed by atoms with Crippen LogP contribution in [-0.2, 0) is 19.5 Å². The predicted molar refractivity (Wildman–Crippen MR) is 84.1 cm³/mol. The van der Waals surface area contributed by atoms with Crippen molar-refractivity contribution in [3.63, 3.8) is 0 Å². The first-order valence-corrected chi connectivity index (χ1v) is 8.54. The van der Waals surface area contributed by atoms with E-state index in [1.165, 1.54) is 18.6 Å². The molecule has 0 radical (unpaired) electrons. The van der Waals surface area contributed by atoms with Crippen LogP contribution in [0, 0.1) is 0 Å². The Morgan fingerprint density at radius 2 is 2.26 bits per heavy atom. The maximum atomic E-state index is 6.41. The third-order valence-electron chi connectivity index (χ3n) is 3.79. The molecule has 0 aromatic carbocycles. The maximum absolute atomic E-state index is 6.41. The van der Waals surface area contributed by atoms with Gasteiger partial charge in [-0.1, -0.05) is 18.5 Å². The Labute approximate surface area is 125 Å². The summed E-state index contributed by atoms with van der Waals surface area (Å²) < 4.78 is 2.43. The van der Waals surface area contributed by atoms with E-state index in [1.54, 1.807) is 0 Å². The standard InChI is InChI=1S/C14H24ClN3S/c1-4-11-13(15)12(18(5-2)17-11)9-16-10-14(3)7-6-8-19-14/h16H,4-10H2,1-3H3. The molecule has 1 aliphatic heterocycles. The number of nitrogens with one attached hydrogen (secondary N) is 1. The summed E-state index contributed by atoms with van der Waals surface area (Å²) in [6.07, 6.45) is 3.55. The molecule has 1 aromatic heterocycles. The molecule has 19 heavy (non-hydrogen) atoms. The summed E-state index contributed by atoms with van der Waals surface area (Å²) in [7, 11) is 0. The molecule has 1 unspecified atom stereocenters. The van der Waals surface area contributed by atoms with Gasteiger partial charge < -0.3 is 5.32 Å². The van der Waals surface area contributed by atoms with Crippen molar-refractivity contribution in [3.8, 4) is 0 Å².